The van der Waals surface area contributed by atoms with Crippen LogP contribution >= 0.6 is 23.2 Å². The summed E-state index contributed by atoms with van der Waals surface area (Å²) in [5, 5.41) is 4.35. The molecule has 70 valence electrons. The molecule has 0 fully saturated rings. The summed E-state index contributed by atoms with van der Waals surface area (Å²) in [7, 11) is 0. The minimum Gasteiger partial charge on any atom is -0.308 e. The lowest BCUT2D eigenvalue weighted by molar-refractivity contribution is 0.754. The van der Waals surface area contributed by atoms with Crippen molar-refractivity contribution in [1.29, 1.82) is 0 Å². The van der Waals surface area contributed by atoms with E-state index < -0.39 is 0 Å². The Labute approximate surface area is 87.6 Å². The summed E-state index contributed by atoms with van der Waals surface area (Å²) in [6.45, 7) is 4.82. The Balaban J connectivity index is 2.45. The maximum Gasteiger partial charge on any atom is 0.0634 e. The molecule has 0 bridgehead atoms. The molecule has 0 amide bonds. The van der Waals surface area contributed by atoms with Crippen LogP contribution in [0.15, 0.2) is 30.1 Å². The maximum atomic E-state index is 5.88. The number of pyridine rings is 1. The first-order valence-corrected chi connectivity index (χ1v) is 4.58. The van der Waals surface area contributed by atoms with Crippen molar-refractivity contribution >= 4 is 23.2 Å². The van der Waals surface area contributed by atoms with E-state index in [1.54, 1.807) is 12.4 Å². The van der Waals surface area contributed by atoms with E-state index >= 15 is 0 Å². The van der Waals surface area contributed by atoms with Gasteiger partial charge in [0.25, 0.3) is 0 Å². The van der Waals surface area contributed by atoms with Crippen LogP contribution in [-0.4, -0.2) is 11.5 Å². The SMILES string of the molecule is C=C(Cl)CNCc1ccncc1Cl. The highest BCUT2D eigenvalue weighted by atomic mass is 35.5. The van der Waals surface area contributed by atoms with E-state index in [9.17, 15) is 0 Å². The Morgan fingerprint density at radius 3 is 3.00 bits per heavy atom. The molecule has 1 heterocycles. The van der Waals surface area contributed by atoms with Gasteiger partial charge in [0, 0.05) is 30.5 Å². The standard InChI is InChI=1S/C9H10Cl2N2/c1-7(10)4-13-5-8-2-3-12-6-9(8)11/h2-3,6,13H,1,4-5H2. The van der Waals surface area contributed by atoms with E-state index in [2.05, 4.69) is 16.9 Å². The van der Waals surface area contributed by atoms with Crippen LogP contribution in [0.5, 0.6) is 0 Å². The van der Waals surface area contributed by atoms with E-state index in [0.717, 1.165) is 5.56 Å². The lowest BCUT2D eigenvalue weighted by Gasteiger charge is -2.04. The van der Waals surface area contributed by atoms with Crippen LogP contribution in [0.3, 0.4) is 0 Å². The summed E-state index contributed by atoms with van der Waals surface area (Å²) in [5.74, 6) is 0. The highest BCUT2D eigenvalue weighted by Gasteiger charge is 1.98. The van der Waals surface area contributed by atoms with Crippen molar-refractivity contribution in [1.82, 2.24) is 10.3 Å². The molecule has 1 aromatic heterocycles. The van der Waals surface area contributed by atoms with Gasteiger partial charge in [-0.1, -0.05) is 29.8 Å². The minimum atomic E-state index is 0.584. The predicted octanol–water partition coefficient (Wildman–Crippen LogP) is 2.58. The zero-order valence-electron chi connectivity index (χ0n) is 7.06. The molecule has 0 aromatic carbocycles. The summed E-state index contributed by atoms with van der Waals surface area (Å²) >= 11 is 11.5. The minimum absolute atomic E-state index is 0.584. The van der Waals surface area contributed by atoms with Gasteiger partial charge >= 0.3 is 0 Å². The molecule has 0 spiro atoms. The van der Waals surface area contributed by atoms with E-state index in [4.69, 9.17) is 23.2 Å². The zero-order valence-corrected chi connectivity index (χ0v) is 8.57. The molecule has 4 heteroatoms. The quantitative estimate of drug-likeness (QED) is 0.838. The van der Waals surface area contributed by atoms with Gasteiger partial charge in [0.05, 0.1) is 5.02 Å². The normalized spacial score (nSPS) is 10.0. The van der Waals surface area contributed by atoms with Crippen LogP contribution in [-0.2, 0) is 6.54 Å². The van der Waals surface area contributed by atoms with Crippen LogP contribution in [0.4, 0.5) is 0 Å². The Morgan fingerprint density at radius 2 is 2.38 bits per heavy atom. The molecule has 0 saturated heterocycles. The predicted molar refractivity (Wildman–Crippen MR) is 55.9 cm³/mol. The van der Waals surface area contributed by atoms with Gasteiger partial charge in [-0.3, -0.25) is 4.98 Å². The topological polar surface area (TPSA) is 24.9 Å². The first-order chi connectivity index (χ1) is 6.20. The average Bonchev–Trinajstić information content (AvgIpc) is 2.08. The molecule has 13 heavy (non-hydrogen) atoms. The molecule has 0 aliphatic heterocycles. The fourth-order valence-corrected chi connectivity index (χ4v) is 1.16. The third-order valence-electron chi connectivity index (χ3n) is 1.49. The van der Waals surface area contributed by atoms with Crippen molar-refractivity contribution in [3.05, 3.63) is 40.7 Å². The molecule has 0 aliphatic carbocycles. The van der Waals surface area contributed by atoms with Gasteiger partial charge in [0.2, 0.25) is 0 Å². The fourth-order valence-electron chi connectivity index (χ4n) is 0.880. The number of rotatable bonds is 4. The van der Waals surface area contributed by atoms with Gasteiger partial charge in [0.1, 0.15) is 0 Å². The second-order valence-electron chi connectivity index (χ2n) is 2.59. The fraction of sp³-hybridized carbons (Fsp3) is 0.222. The molecule has 0 unspecified atom stereocenters. The Kier molecular flexibility index (Phi) is 4.22. The summed E-state index contributed by atoms with van der Waals surface area (Å²) < 4.78 is 0. The lowest BCUT2D eigenvalue weighted by Crippen LogP contribution is -2.14. The Bertz CT molecular complexity index is 299. The second-order valence-corrected chi connectivity index (χ2v) is 3.53. The van der Waals surface area contributed by atoms with Gasteiger partial charge < -0.3 is 5.32 Å². The van der Waals surface area contributed by atoms with Crippen LogP contribution in [0.2, 0.25) is 5.02 Å². The van der Waals surface area contributed by atoms with Crippen molar-refractivity contribution in [3.63, 3.8) is 0 Å². The smallest absolute Gasteiger partial charge is 0.0634 e. The van der Waals surface area contributed by atoms with E-state index in [0.29, 0.717) is 23.1 Å². The van der Waals surface area contributed by atoms with Crippen LogP contribution in [0.25, 0.3) is 0 Å². The number of halogens is 2. The van der Waals surface area contributed by atoms with Gasteiger partial charge in [-0.2, -0.15) is 0 Å². The summed E-state index contributed by atoms with van der Waals surface area (Å²) in [6, 6.07) is 1.87. The van der Waals surface area contributed by atoms with Crippen molar-refractivity contribution in [3.8, 4) is 0 Å². The second kappa shape index (κ2) is 5.22. The first kappa shape index (κ1) is 10.5. The highest BCUT2D eigenvalue weighted by molar-refractivity contribution is 6.31. The van der Waals surface area contributed by atoms with Crippen molar-refractivity contribution in [2.24, 2.45) is 0 Å². The number of nitrogens with one attached hydrogen (secondary N) is 1. The number of nitrogens with zero attached hydrogens (tertiary/aromatic N) is 1. The van der Waals surface area contributed by atoms with E-state index in [1.165, 1.54) is 0 Å². The molecule has 1 aromatic rings. The summed E-state index contributed by atoms with van der Waals surface area (Å²) in [6.07, 6.45) is 3.33. The average molecular weight is 217 g/mol. The Hall–Kier alpha value is -0.570. The molecule has 0 atom stereocenters. The number of hydrogen-bond acceptors (Lipinski definition) is 2. The van der Waals surface area contributed by atoms with Gasteiger partial charge in [-0.25, -0.2) is 0 Å². The van der Waals surface area contributed by atoms with Crippen molar-refractivity contribution in [2.45, 2.75) is 6.54 Å². The van der Waals surface area contributed by atoms with Crippen molar-refractivity contribution in [2.75, 3.05) is 6.54 Å². The van der Waals surface area contributed by atoms with E-state index in [1.807, 2.05) is 6.07 Å². The maximum absolute atomic E-state index is 5.88. The van der Waals surface area contributed by atoms with Gasteiger partial charge in [0.15, 0.2) is 0 Å². The molecule has 0 radical (unpaired) electrons. The van der Waals surface area contributed by atoms with Gasteiger partial charge in [-0.05, 0) is 11.6 Å². The third kappa shape index (κ3) is 3.77. The van der Waals surface area contributed by atoms with Crippen LogP contribution < -0.4 is 5.32 Å². The molecular weight excluding hydrogens is 207 g/mol. The monoisotopic (exact) mass is 216 g/mol. The van der Waals surface area contributed by atoms with E-state index in [-0.39, 0.29) is 0 Å². The van der Waals surface area contributed by atoms with Gasteiger partial charge in [-0.15, -0.1) is 0 Å². The molecular formula is C9H10Cl2N2. The largest absolute Gasteiger partial charge is 0.308 e. The summed E-state index contributed by atoms with van der Waals surface area (Å²) in [4.78, 5) is 3.88. The number of hydrogen-bond donors (Lipinski definition) is 1. The Morgan fingerprint density at radius 1 is 1.62 bits per heavy atom. The van der Waals surface area contributed by atoms with Crippen LogP contribution in [0, 0.1) is 0 Å². The molecule has 1 N–H and O–H groups in total. The molecule has 0 aliphatic rings. The third-order valence-corrected chi connectivity index (χ3v) is 1.96. The first-order valence-electron chi connectivity index (χ1n) is 3.82. The lowest BCUT2D eigenvalue weighted by atomic mass is 10.3. The zero-order chi connectivity index (χ0) is 9.68. The highest BCUT2D eigenvalue weighted by Crippen LogP contribution is 2.12. The number of aromatic nitrogens is 1. The molecule has 1 rings (SSSR count). The van der Waals surface area contributed by atoms with Crippen LogP contribution in [0.1, 0.15) is 5.56 Å². The molecule has 2 nitrogen and oxygen atoms in total. The molecule has 0 saturated carbocycles. The summed E-state index contributed by atoms with van der Waals surface area (Å²) in [5.41, 5.74) is 1.01. The van der Waals surface area contributed by atoms with Crippen molar-refractivity contribution < 1.29 is 0 Å².